The lowest BCUT2D eigenvalue weighted by atomic mass is 10.3. The molecule has 0 fully saturated rings. The van der Waals surface area contributed by atoms with Gasteiger partial charge in [0.05, 0.1) is 6.54 Å². The van der Waals surface area contributed by atoms with Crippen molar-refractivity contribution >= 4 is 6.34 Å². The van der Waals surface area contributed by atoms with Crippen molar-refractivity contribution in [2.75, 3.05) is 6.54 Å². The Morgan fingerprint density at radius 3 is 2.80 bits per heavy atom. The normalized spacial score (nSPS) is 11.7. The van der Waals surface area contributed by atoms with Crippen molar-refractivity contribution in [3.05, 3.63) is 0 Å². The Kier molecular flexibility index (Phi) is 7.32. The van der Waals surface area contributed by atoms with Crippen LogP contribution < -0.4 is 5.84 Å². The maximum atomic E-state index is 4.79. The zero-order chi connectivity index (χ0) is 7.66. The largest absolute Gasteiger partial charge is 0.322 e. The second-order valence-corrected chi connectivity index (χ2v) is 1.95. The lowest BCUT2D eigenvalue weighted by molar-refractivity contribution is 0.715. The lowest BCUT2D eigenvalue weighted by Crippen LogP contribution is -1.81. The van der Waals surface area contributed by atoms with Gasteiger partial charge in [-0.25, -0.2) is 0 Å². The van der Waals surface area contributed by atoms with Gasteiger partial charge in [0.15, 0.2) is 6.34 Å². The van der Waals surface area contributed by atoms with Crippen LogP contribution >= 0.6 is 0 Å². The predicted molar refractivity (Wildman–Crippen MR) is 41.9 cm³/mol. The summed E-state index contributed by atoms with van der Waals surface area (Å²) in [4.78, 5) is 0. The zero-order valence-corrected chi connectivity index (χ0v) is 6.32. The molecule has 0 unspecified atom stereocenters. The highest BCUT2D eigenvalue weighted by atomic mass is 15.2. The molecule has 0 spiro atoms. The van der Waals surface area contributed by atoms with Gasteiger partial charge in [0, 0.05) is 0 Å². The van der Waals surface area contributed by atoms with E-state index in [0.717, 1.165) is 13.0 Å². The quantitative estimate of drug-likeness (QED) is 0.155. The van der Waals surface area contributed by atoms with Crippen LogP contribution in [0, 0.1) is 0 Å². The fourth-order valence-electron chi connectivity index (χ4n) is 0.557. The molecule has 0 saturated carbocycles. The Labute approximate surface area is 61.2 Å². The Balaban J connectivity index is 3.02. The van der Waals surface area contributed by atoms with E-state index >= 15 is 0 Å². The van der Waals surface area contributed by atoms with Gasteiger partial charge in [0.25, 0.3) is 0 Å². The SMILES string of the molecule is CCCCCN=NC=NN. The van der Waals surface area contributed by atoms with Crippen LogP contribution in [-0.2, 0) is 0 Å². The molecule has 0 saturated heterocycles. The van der Waals surface area contributed by atoms with Gasteiger partial charge in [0.1, 0.15) is 0 Å². The van der Waals surface area contributed by atoms with Crippen molar-refractivity contribution in [1.82, 2.24) is 0 Å². The minimum Gasteiger partial charge on any atom is -0.322 e. The lowest BCUT2D eigenvalue weighted by Gasteiger charge is -1.88. The Morgan fingerprint density at radius 1 is 1.40 bits per heavy atom. The van der Waals surface area contributed by atoms with Crippen molar-refractivity contribution in [1.29, 1.82) is 0 Å². The number of unbranched alkanes of at least 4 members (excludes halogenated alkanes) is 2. The predicted octanol–water partition coefficient (Wildman–Crippen LogP) is 1.53. The summed E-state index contributed by atoms with van der Waals surface area (Å²) in [5.41, 5.74) is 0. The minimum atomic E-state index is 0.778. The molecule has 0 aromatic heterocycles. The summed E-state index contributed by atoms with van der Waals surface area (Å²) in [7, 11) is 0. The summed E-state index contributed by atoms with van der Waals surface area (Å²) >= 11 is 0. The number of rotatable bonds is 5. The van der Waals surface area contributed by atoms with Crippen molar-refractivity contribution in [2.45, 2.75) is 26.2 Å². The smallest absolute Gasteiger partial charge is 0.157 e. The van der Waals surface area contributed by atoms with Gasteiger partial charge >= 0.3 is 0 Å². The maximum absolute atomic E-state index is 4.79. The number of nitrogens with zero attached hydrogens (tertiary/aromatic N) is 3. The van der Waals surface area contributed by atoms with E-state index < -0.39 is 0 Å². The zero-order valence-electron chi connectivity index (χ0n) is 6.32. The van der Waals surface area contributed by atoms with Crippen LogP contribution in [0.4, 0.5) is 0 Å². The molecule has 0 atom stereocenters. The summed E-state index contributed by atoms with van der Waals surface area (Å²) < 4.78 is 0. The molecule has 0 rings (SSSR count). The van der Waals surface area contributed by atoms with E-state index in [9.17, 15) is 0 Å². The molecule has 10 heavy (non-hydrogen) atoms. The van der Waals surface area contributed by atoms with Crippen molar-refractivity contribution in [3.63, 3.8) is 0 Å². The maximum Gasteiger partial charge on any atom is 0.157 e. The number of azo groups is 1. The van der Waals surface area contributed by atoms with Gasteiger partial charge < -0.3 is 5.84 Å². The monoisotopic (exact) mass is 142 g/mol. The molecule has 4 heteroatoms. The average molecular weight is 142 g/mol. The molecule has 2 N–H and O–H groups in total. The van der Waals surface area contributed by atoms with Gasteiger partial charge in [-0.05, 0) is 6.42 Å². The molecule has 0 aromatic rings. The molecule has 0 aliphatic heterocycles. The van der Waals surface area contributed by atoms with Crippen LogP contribution in [0.3, 0.4) is 0 Å². The third-order valence-electron chi connectivity index (χ3n) is 1.06. The summed E-state index contributed by atoms with van der Waals surface area (Å²) in [5, 5.41) is 10.5. The average Bonchev–Trinajstić information content (AvgIpc) is 1.97. The van der Waals surface area contributed by atoms with Gasteiger partial charge in [-0.2, -0.15) is 10.2 Å². The van der Waals surface area contributed by atoms with Gasteiger partial charge in [-0.15, -0.1) is 5.11 Å². The summed E-state index contributed by atoms with van der Waals surface area (Å²) in [6, 6.07) is 0. The van der Waals surface area contributed by atoms with Crippen LogP contribution in [0.2, 0.25) is 0 Å². The molecule has 0 amide bonds. The molecule has 0 bridgehead atoms. The summed E-state index contributed by atoms with van der Waals surface area (Å²) in [6.07, 6.45) is 4.75. The third kappa shape index (κ3) is 7.07. The van der Waals surface area contributed by atoms with Crippen LogP contribution in [0.1, 0.15) is 26.2 Å². The van der Waals surface area contributed by atoms with Gasteiger partial charge in [-0.1, -0.05) is 19.8 Å². The van der Waals surface area contributed by atoms with E-state index in [1.807, 2.05) is 0 Å². The first-order chi connectivity index (χ1) is 4.91. The molecule has 0 radical (unpaired) electrons. The minimum absolute atomic E-state index is 0.778. The van der Waals surface area contributed by atoms with Crippen molar-refractivity contribution in [3.8, 4) is 0 Å². The second-order valence-electron chi connectivity index (χ2n) is 1.95. The van der Waals surface area contributed by atoms with Crippen molar-refractivity contribution in [2.24, 2.45) is 21.2 Å². The highest BCUT2D eigenvalue weighted by Crippen LogP contribution is 1.93. The molecule has 0 aromatic carbocycles. The fourth-order valence-corrected chi connectivity index (χ4v) is 0.557. The van der Waals surface area contributed by atoms with Crippen LogP contribution in [0.5, 0.6) is 0 Å². The van der Waals surface area contributed by atoms with Crippen LogP contribution in [0.15, 0.2) is 15.3 Å². The number of hydrogen-bond donors (Lipinski definition) is 1. The topological polar surface area (TPSA) is 63.1 Å². The van der Waals surface area contributed by atoms with E-state index in [-0.39, 0.29) is 0 Å². The molecular weight excluding hydrogens is 128 g/mol. The molecule has 0 heterocycles. The van der Waals surface area contributed by atoms with Crippen molar-refractivity contribution < 1.29 is 0 Å². The van der Waals surface area contributed by atoms with Gasteiger partial charge in [-0.3, -0.25) is 0 Å². The first-order valence-corrected chi connectivity index (χ1v) is 3.50. The first-order valence-electron chi connectivity index (χ1n) is 3.50. The molecular formula is C6H14N4. The molecule has 0 aliphatic rings. The standard InChI is InChI=1S/C6H14N4/c1-2-3-4-5-9-10-6-8-7/h6H,2-5,7H2,1H3. The van der Waals surface area contributed by atoms with E-state index in [1.165, 1.54) is 19.2 Å². The fraction of sp³-hybridized carbons (Fsp3) is 0.833. The van der Waals surface area contributed by atoms with Gasteiger partial charge in [0.2, 0.25) is 0 Å². The molecule has 0 aliphatic carbocycles. The van der Waals surface area contributed by atoms with E-state index in [4.69, 9.17) is 5.84 Å². The highest BCUT2D eigenvalue weighted by Gasteiger charge is 1.80. The highest BCUT2D eigenvalue weighted by molar-refractivity contribution is 5.53. The number of nitrogens with two attached hydrogens (primary N) is 1. The third-order valence-corrected chi connectivity index (χ3v) is 1.06. The van der Waals surface area contributed by atoms with E-state index in [1.54, 1.807) is 0 Å². The molecule has 4 nitrogen and oxygen atoms in total. The van der Waals surface area contributed by atoms with Crippen LogP contribution in [0.25, 0.3) is 0 Å². The summed E-state index contributed by atoms with van der Waals surface area (Å²) in [6.45, 7) is 2.93. The van der Waals surface area contributed by atoms with E-state index in [0.29, 0.717) is 0 Å². The Hall–Kier alpha value is -0.930. The Morgan fingerprint density at radius 2 is 2.20 bits per heavy atom. The molecule has 58 valence electrons. The second kappa shape index (κ2) is 8.07. The number of hydrazone groups is 1. The first kappa shape index (κ1) is 9.07. The number of hydrogen-bond acceptors (Lipinski definition) is 3. The van der Waals surface area contributed by atoms with E-state index in [2.05, 4.69) is 22.3 Å². The Bertz CT molecular complexity index is 108. The summed E-state index contributed by atoms with van der Waals surface area (Å²) in [5.74, 6) is 4.79. The van der Waals surface area contributed by atoms with Crippen LogP contribution in [-0.4, -0.2) is 12.9 Å².